The van der Waals surface area contributed by atoms with E-state index in [1.54, 1.807) is 18.3 Å². The molecule has 1 aromatic carbocycles. The maximum absolute atomic E-state index is 12.8. The number of amides is 1. The van der Waals surface area contributed by atoms with Gasteiger partial charge in [0.2, 0.25) is 21.8 Å². The van der Waals surface area contributed by atoms with E-state index in [1.807, 2.05) is 0 Å². The third-order valence-electron chi connectivity index (χ3n) is 3.27. The van der Waals surface area contributed by atoms with E-state index in [0.29, 0.717) is 5.88 Å². The van der Waals surface area contributed by atoms with E-state index >= 15 is 0 Å². The summed E-state index contributed by atoms with van der Waals surface area (Å²) >= 11 is 0. The van der Waals surface area contributed by atoms with Gasteiger partial charge in [0.1, 0.15) is 5.82 Å². The molecule has 0 aliphatic heterocycles. The molecule has 9 heteroatoms. The minimum absolute atomic E-state index is 0.0252. The summed E-state index contributed by atoms with van der Waals surface area (Å²) in [6.07, 6.45) is 1.54. The summed E-state index contributed by atoms with van der Waals surface area (Å²) in [6, 6.07) is 7.87. The first-order valence-electron chi connectivity index (χ1n) is 7.41. The minimum Gasteiger partial charge on any atom is -0.481 e. The zero-order valence-electron chi connectivity index (χ0n) is 13.5. The number of aromatic nitrogens is 1. The number of nitrogens with zero attached hydrogens (tertiary/aromatic N) is 1. The first-order valence-corrected chi connectivity index (χ1v) is 8.90. The summed E-state index contributed by atoms with van der Waals surface area (Å²) in [5.74, 6) is -0.387. The number of carbonyl (C=O) groups is 1. The maximum Gasteiger partial charge on any atom is 0.240 e. The number of pyridine rings is 1. The molecule has 1 heterocycles. The highest BCUT2D eigenvalue weighted by Crippen LogP contribution is 2.10. The lowest BCUT2D eigenvalue weighted by Gasteiger charge is -2.08. The third-order valence-corrected chi connectivity index (χ3v) is 4.74. The summed E-state index contributed by atoms with van der Waals surface area (Å²) in [7, 11) is -2.27. The Morgan fingerprint density at radius 2 is 1.96 bits per heavy atom. The van der Waals surface area contributed by atoms with Crippen molar-refractivity contribution >= 4 is 15.9 Å². The number of benzene rings is 1. The Morgan fingerprint density at radius 3 is 2.64 bits per heavy atom. The predicted octanol–water partition coefficient (Wildman–Crippen LogP) is 1.21. The van der Waals surface area contributed by atoms with Gasteiger partial charge in [-0.2, -0.15) is 0 Å². The molecule has 0 aliphatic rings. The molecule has 0 atom stereocenters. The van der Waals surface area contributed by atoms with Gasteiger partial charge in [-0.05, 0) is 35.9 Å². The van der Waals surface area contributed by atoms with Crippen LogP contribution in [0.15, 0.2) is 47.5 Å². The number of hydrogen-bond acceptors (Lipinski definition) is 5. The van der Waals surface area contributed by atoms with Crippen LogP contribution in [-0.2, 0) is 21.4 Å². The van der Waals surface area contributed by atoms with Gasteiger partial charge in [-0.3, -0.25) is 4.79 Å². The van der Waals surface area contributed by atoms with Crippen molar-refractivity contribution < 1.29 is 22.3 Å². The molecular formula is C16H18FN3O4S. The predicted molar refractivity (Wildman–Crippen MR) is 88.8 cm³/mol. The molecule has 7 nitrogen and oxygen atoms in total. The Labute approximate surface area is 145 Å². The lowest BCUT2D eigenvalue weighted by Crippen LogP contribution is -2.30. The van der Waals surface area contributed by atoms with Crippen LogP contribution in [-0.4, -0.2) is 33.0 Å². The minimum atomic E-state index is -3.77. The van der Waals surface area contributed by atoms with Gasteiger partial charge in [0.25, 0.3) is 0 Å². The fourth-order valence-electron chi connectivity index (χ4n) is 1.96. The molecule has 0 fully saturated rings. The Bertz CT molecular complexity index is 826. The molecule has 1 aromatic heterocycles. The van der Waals surface area contributed by atoms with Gasteiger partial charge in [0.15, 0.2) is 0 Å². The standard InChI is InChI=1S/C16H18FN3O4S/c1-24-16-10-12(6-8-18-16)11-19-15(21)7-9-20-25(22,23)14-4-2-13(17)3-5-14/h2-6,8,10,20H,7,9,11H2,1H3,(H,19,21). The van der Waals surface area contributed by atoms with Crippen LogP contribution >= 0.6 is 0 Å². The molecule has 0 unspecified atom stereocenters. The van der Waals surface area contributed by atoms with Gasteiger partial charge >= 0.3 is 0 Å². The molecule has 25 heavy (non-hydrogen) atoms. The summed E-state index contributed by atoms with van der Waals surface area (Å²) in [4.78, 5) is 15.7. The molecule has 134 valence electrons. The second-order valence-electron chi connectivity index (χ2n) is 5.08. The Morgan fingerprint density at radius 1 is 1.24 bits per heavy atom. The lowest BCUT2D eigenvalue weighted by molar-refractivity contribution is -0.121. The number of methoxy groups -OCH3 is 1. The van der Waals surface area contributed by atoms with Gasteiger partial charge in [0, 0.05) is 31.8 Å². The quantitative estimate of drug-likeness (QED) is 0.731. The van der Waals surface area contributed by atoms with Crippen molar-refractivity contribution in [3.8, 4) is 5.88 Å². The number of nitrogens with one attached hydrogen (secondary N) is 2. The first-order chi connectivity index (χ1) is 11.9. The summed E-state index contributed by atoms with van der Waals surface area (Å²) in [5, 5.41) is 2.68. The zero-order valence-corrected chi connectivity index (χ0v) is 14.3. The topological polar surface area (TPSA) is 97.4 Å². The summed E-state index contributed by atoms with van der Waals surface area (Å²) in [5.41, 5.74) is 0.812. The summed E-state index contributed by atoms with van der Waals surface area (Å²) in [6.45, 7) is 0.216. The van der Waals surface area contributed by atoms with Crippen molar-refractivity contribution in [2.45, 2.75) is 17.9 Å². The first kappa shape index (κ1) is 18.8. The molecule has 0 saturated heterocycles. The summed E-state index contributed by atoms with van der Waals surface area (Å²) < 4.78 is 44.1. The number of halogens is 1. The van der Waals surface area contributed by atoms with Crippen LogP contribution in [0.25, 0.3) is 0 Å². The molecule has 1 amide bonds. The van der Waals surface area contributed by atoms with Crippen LogP contribution in [0.2, 0.25) is 0 Å². The van der Waals surface area contributed by atoms with Gasteiger partial charge in [-0.1, -0.05) is 0 Å². The molecule has 2 N–H and O–H groups in total. The highest BCUT2D eigenvalue weighted by atomic mass is 32.2. The fraction of sp³-hybridized carbons (Fsp3) is 0.250. The Hall–Kier alpha value is -2.52. The van der Waals surface area contributed by atoms with Crippen molar-refractivity contribution in [1.29, 1.82) is 0 Å². The Balaban J connectivity index is 1.79. The van der Waals surface area contributed by atoms with E-state index in [1.165, 1.54) is 7.11 Å². The van der Waals surface area contributed by atoms with Crippen LogP contribution in [0, 0.1) is 5.82 Å². The van der Waals surface area contributed by atoms with E-state index in [4.69, 9.17) is 4.74 Å². The number of carbonyl (C=O) groups excluding carboxylic acids is 1. The molecule has 0 aliphatic carbocycles. The van der Waals surface area contributed by atoms with E-state index in [9.17, 15) is 17.6 Å². The van der Waals surface area contributed by atoms with Crippen molar-refractivity contribution in [3.05, 3.63) is 54.0 Å². The van der Waals surface area contributed by atoms with E-state index < -0.39 is 15.8 Å². The number of hydrogen-bond donors (Lipinski definition) is 2. The van der Waals surface area contributed by atoms with E-state index in [2.05, 4.69) is 15.0 Å². The molecule has 0 saturated carbocycles. The Kier molecular flexibility index (Phi) is 6.43. The molecule has 2 aromatic rings. The molecule has 0 radical (unpaired) electrons. The average molecular weight is 367 g/mol. The second-order valence-corrected chi connectivity index (χ2v) is 6.85. The maximum atomic E-state index is 12.8. The second kappa shape index (κ2) is 8.54. The van der Waals surface area contributed by atoms with Crippen molar-refractivity contribution in [2.75, 3.05) is 13.7 Å². The average Bonchev–Trinajstić information content (AvgIpc) is 2.60. The SMILES string of the molecule is COc1cc(CNC(=O)CCNS(=O)(=O)c2ccc(F)cc2)ccn1. The van der Waals surface area contributed by atoms with Crippen molar-refractivity contribution in [2.24, 2.45) is 0 Å². The fourth-order valence-corrected chi connectivity index (χ4v) is 2.99. The number of ether oxygens (including phenoxy) is 1. The van der Waals surface area contributed by atoms with Crippen LogP contribution in [0.3, 0.4) is 0 Å². The van der Waals surface area contributed by atoms with Gasteiger partial charge in [0.05, 0.1) is 12.0 Å². The lowest BCUT2D eigenvalue weighted by atomic mass is 10.2. The molecule has 2 rings (SSSR count). The monoisotopic (exact) mass is 367 g/mol. The largest absolute Gasteiger partial charge is 0.481 e. The smallest absolute Gasteiger partial charge is 0.240 e. The van der Waals surface area contributed by atoms with Gasteiger partial charge in [-0.25, -0.2) is 22.5 Å². The van der Waals surface area contributed by atoms with E-state index in [-0.39, 0.29) is 30.3 Å². The molecule has 0 bridgehead atoms. The van der Waals surface area contributed by atoms with E-state index in [0.717, 1.165) is 29.8 Å². The number of rotatable bonds is 8. The van der Waals surface area contributed by atoms with Crippen LogP contribution < -0.4 is 14.8 Å². The van der Waals surface area contributed by atoms with Crippen LogP contribution in [0.1, 0.15) is 12.0 Å². The normalized spacial score (nSPS) is 11.1. The van der Waals surface area contributed by atoms with Crippen molar-refractivity contribution in [3.63, 3.8) is 0 Å². The van der Waals surface area contributed by atoms with Crippen LogP contribution in [0.4, 0.5) is 4.39 Å². The highest BCUT2D eigenvalue weighted by Gasteiger charge is 2.14. The third kappa shape index (κ3) is 5.80. The highest BCUT2D eigenvalue weighted by molar-refractivity contribution is 7.89. The van der Waals surface area contributed by atoms with Crippen molar-refractivity contribution in [1.82, 2.24) is 15.0 Å². The van der Waals surface area contributed by atoms with Gasteiger partial charge < -0.3 is 10.1 Å². The van der Waals surface area contributed by atoms with Gasteiger partial charge in [-0.15, -0.1) is 0 Å². The van der Waals surface area contributed by atoms with Crippen LogP contribution in [0.5, 0.6) is 5.88 Å². The number of sulfonamides is 1. The molecular weight excluding hydrogens is 349 g/mol. The molecule has 0 spiro atoms. The zero-order chi connectivity index (χ0) is 18.3.